The third-order valence-corrected chi connectivity index (χ3v) is 4.50. The van der Waals surface area contributed by atoms with Gasteiger partial charge in [0.15, 0.2) is 0 Å². The first-order valence-electron chi connectivity index (χ1n) is 8.77. The number of H-pyrrole nitrogens is 1. The molecule has 6 heteroatoms. The molecule has 25 heavy (non-hydrogen) atoms. The van der Waals surface area contributed by atoms with Crippen molar-refractivity contribution in [3.05, 3.63) is 36.0 Å². The molecular formula is C19H25N3O3. The maximum atomic E-state index is 12.9. The first-order valence-corrected chi connectivity index (χ1v) is 8.77. The fraction of sp³-hybridized carbons (Fsp3) is 0.474. The van der Waals surface area contributed by atoms with Crippen molar-refractivity contribution >= 4 is 5.91 Å². The minimum atomic E-state index is 0.0181. The predicted octanol–water partition coefficient (Wildman–Crippen LogP) is 2.97. The van der Waals surface area contributed by atoms with Crippen molar-refractivity contribution in [2.24, 2.45) is 5.92 Å². The summed E-state index contributed by atoms with van der Waals surface area (Å²) < 4.78 is 10.9. The molecule has 1 aromatic carbocycles. The zero-order valence-corrected chi connectivity index (χ0v) is 14.8. The van der Waals surface area contributed by atoms with Crippen molar-refractivity contribution in [3.63, 3.8) is 0 Å². The van der Waals surface area contributed by atoms with Gasteiger partial charge in [0.05, 0.1) is 31.2 Å². The topological polar surface area (TPSA) is 67.5 Å². The monoisotopic (exact) mass is 343 g/mol. The molecule has 1 N–H and O–H groups in total. The highest BCUT2D eigenvalue weighted by atomic mass is 16.5. The second kappa shape index (κ2) is 8.16. The van der Waals surface area contributed by atoms with Gasteiger partial charge in [-0.05, 0) is 25.0 Å². The Morgan fingerprint density at radius 2 is 2.32 bits per heavy atom. The van der Waals surface area contributed by atoms with Crippen LogP contribution >= 0.6 is 0 Å². The van der Waals surface area contributed by atoms with E-state index in [4.69, 9.17) is 9.47 Å². The Morgan fingerprint density at radius 3 is 3.12 bits per heavy atom. The summed E-state index contributed by atoms with van der Waals surface area (Å²) in [4.78, 5) is 14.8. The molecule has 134 valence electrons. The maximum absolute atomic E-state index is 12.9. The van der Waals surface area contributed by atoms with E-state index < -0.39 is 0 Å². The molecule has 1 saturated heterocycles. The summed E-state index contributed by atoms with van der Waals surface area (Å²) in [7, 11) is 1.63. The van der Waals surface area contributed by atoms with E-state index in [-0.39, 0.29) is 5.91 Å². The SMILES string of the molecule is CCCOC[C@H]1CCN(C(=O)c2cn[nH]c2-c2cccc(OC)c2)C1. The van der Waals surface area contributed by atoms with E-state index >= 15 is 0 Å². The molecule has 1 aliphatic rings. The van der Waals surface area contributed by atoms with Crippen molar-refractivity contribution in [2.75, 3.05) is 33.4 Å². The summed E-state index contributed by atoms with van der Waals surface area (Å²) in [6.45, 7) is 5.12. The minimum absolute atomic E-state index is 0.0181. The summed E-state index contributed by atoms with van der Waals surface area (Å²) >= 11 is 0. The van der Waals surface area contributed by atoms with E-state index in [2.05, 4.69) is 17.1 Å². The number of methoxy groups -OCH3 is 1. The van der Waals surface area contributed by atoms with Gasteiger partial charge in [-0.15, -0.1) is 0 Å². The van der Waals surface area contributed by atoms with E-state index in [0.29, 0.717) is 11.5 Å². The van der Waals surface area contributed by atoms with Crippen molar-refractivity contribution < 1.29 is 14.3 Å². The van der Waals surface area contributed by atoms with Crippen LogP contribution in [0.2, 0.25) is 0 Å². The first-order chi connectivity index (χ1) is 12.2. The van der Waals surface area contributed by atoms with Gasteiger partial charge < -0.3 is 14.4 Å². The zero-order valence-electron chi connectivity index (χ0n) is 14.8. The van der Waals surface area contributed by atoms with Crippen LogP contribution in [0.15, 0.2) is 30.5 Å². The average Bonchev–Trinajstić information content (AvgIpc) is 3.31. The molecule has 2 aromatic rings. The molecule has 0 saturated carbocycles. The number of hydrogen-bond acceptors (Lipinski definition) is 4. The van der Waals surface area contributed by atoms with Gasteiger partial charge in [-0.1, -0.05) is 19.1 Å². The van der Waals surface area contributed by atoms with Crippen LogP contribution in [-0.4, -0.2) is 54.4 Å². The number of hydrogen-bond donors (Lipinski definition) is 1. The molecule has 1 fully saturated rings. The lowest BCUT2D eigenvalue weighted by atomic mass is 10.1. The smallest absolute Gasteiger partial charge is 0.257 e. The number of ether oxygens (including phenoxy) is 2. The van der Waals surface area contributed by atoms with E-state index in [1.807, 2.05) is 29.2 Å². The average molecular weight is 343 g/mol. The van der Waals surface area contributed by atoms with Crippen LogP contribution in [-0.2, 0) is 4.74 Å². The Kier molecular flexibility index (Phi) is 5.71. The number of aromatic nitrogens is 2. The molecule has 1 aliphatic heterocycles. The van der Waals surface area contributed by atoms with E-state index in [1.165, 1.54) is 0 Å². The van der Waals surface area contributed by atoms with Crippen LogP contribution in [0.1, 0.15) is 30.1 Å². The molecule has 0 spiro atoms. The Morgan fingerprint density at radius 1 is 1.44 bits per heavy atom. The number of nitrogens with one attached hydrogen (secondary N) is 1. The number of rotatable bonds is 7. The number of nitrogens with zero attached hydrogens (tertiary/aromatic N) is 2. The number of benzene rings is 1. The highest BCUT2D eigenvalue weighted by Crippen LogP contribution is 2.27. The van der Waals surface area contributed by atoms with Crippen molar-refractivity contribution in [3.8, 4) is 17.0 Å². The van der Waals surface area contributed by atoms with Crippen LogP contribution in [0.4, 0.5) is 0 Å². The molecule has 0 unspecified atom stereocenters. The largest absolute Gasteiger partial charge is 0.497 e. The molecule has 1 amide bonds. The maximum Gasteiger partial charge on any atom is 0.257 e. The second-order valence-corrected chi connectivity index (χ2v) is 6.37. The third kappa shape index (κ3) is 4.02. The van der Waals surface area contributed by atoms with Gasteiger partial charge in [-0.25, -0.2) is 0 Å². The van der Waals surface area contributed by atoms with Gasteiger partial charge in [0.25, 0.3) is 5.91 Å². The van der Waals surface area contributed by atoms with Crippen LogP contribution in [0, 0.1) is 5.92 Å². The van der Waals surface area contributed by atoms with Crippen LogP contribution in [0.25, 0.3) is 11.3 Å². The van der Waals surface area contributed by atoms with Gasteiger partial charge in [0.1, 0.15) is 5.75 Å². The second-order valence-electron chi connectivity index (χ2n) is 6.37. The lowest BCUT2D eigenvalue weighted by molar-refractivity contribution is 0.0755. The summed E-state index contributed by atoms with van der Waals surface area (Å²) in [6, 6.07) is 7.62. The standard InChI is InChI=1S/C19H25N3O3/c1-3-9-25-13-14-7-8-22(12-14)19(23)17-11-20-21-18(17)15-5-4-6-16(10-15)24-2/h4-6,10-11,14H,3,7-9,12-13H2,1-2H3,(H,20,21)/t14-/m0/s1. The fourth-order valence-corrected chi connectivity index (χ4v) is 3.16. The Balaban J connectivity index is 1.71. The summed E-state index contributed by atoms with van der Waals surface area (Å²) in [5, 5.41) is 7.04. The molecule has 0 radical (unpaired) electrons. The Labute approximate surface area is 148 Å². The van der Waals surface area contributed by atoms with Crippen molar-refractivity contribution in [1.82, 2.24) is 15.1 Å². The number of aromatic amines is 1. The van der Waals surface area contributed by atoms with E-state index in [1.54, 1.807) is 13.3 Å². The minimum Gasteiger partial charge on any atom is -0.497 e. The summed E-state index contributed by atoms with van der Waals surface area (Å²) in [5.74, 6) is 1.19. The van der Waals surface area contributed by atoms with Gasteiger partial charge >= 0.3 is 0 Å². The third-order valence-electron chi connectivity index (χ3n) is 4.50. The molecule has 0 aliphatic carbocycles. The Hall–Kier alpha value is -2.34. The van der Waals surface area contributed by atoms with Crippen LogP contribution < -0.4 is 4.74 Å². The Bertz CT molecular complexity index is 713. The van der Waals surface area contributed by atoms with Gasteiger partial charge in [-0.3, -0.25) is 9.89 Å². The molecule has 1 aromatic heterocycles. The molecule has 2 heterocycles. The summed E-state index contributed by atoms with van der Waals surface area (Å²) in [5.41, 5.74) is 2.22. The van der Waals surface area contributed by atoms with Gasteiger partial charge in [0.2, 0.25) is 0 Å². The number of amides is 1. The number of carbonyl (C=O) groups excluding carboxylic acids is 1. The molecule has 6 nitrogen and oxygen atoms in total. The van der Waals surface area contributed by atoms with E-state index in [9.17, 15) is 4.79 Å². The van der Waals surface area contributed by atoms with Crippen molar-refractivity contribution in [2.45, 2.75) is 19.8 Å². The lowest BCUT2D eigenvalue weighted by Gasteiger charge is -2.17. The molecular weight excluding hydrogens is 318 g/mol. The number of carbonyl (C=O) groups is 1. The molecule has 3 rings (SSSR count). The highest BCUT2D eigenvalue weighted by Gasteiger charge is 2.29. The van der Waals surface area contributed by atoms with Crippen LogP contribution in [0.3, 0.4) is 0 Å². The quantitative estimate of drug-likeness (QED) is 0.785. The molecule has 0 bridgehead atoms. The highest BCUT2D eigenvalue weighted by molar-refractivity contribution is 6.00. The zero-order chi connectivity index (χ0) is 17.6. The molecule has 1 atom stereocenters. The van der Waals surface area contributed by atoms with Gasteiger partial charge in [-0.2, -0.15) is 5.10 Å². The first kappa shape index (κ1) is 17.5. The van der Waals surface area contributed by atoms with Gasteiger partial charge in [0, 0.05) is 31.2 Å². The predicted molar refractivity (Wildman–Crippen MR) is 95.7 cm³/mol. The number of likely N-dealkylation sites (tertiary alicyclic amines) is 1. The van der Waals surface area contributed by atoms with Crippen molar-refractivity contribution in [1.29, 1.82) is 0 Å². The summed E-state index contributed by atoms with van der Waals surface area (Å²) in [6.07, 6.45) is 3.62. The normalized spacial score (nSPS) is 17.0. The van der Waals surface area contributed by atoms with Crippen LogP contribution in [0.5, 0.6) is 5.75 Å². The lowest BCUT2D eigenvalue weighted by Crippen LogP contribution is -2.29. The fourth-order valence-electron chi connectivity index (χ4n) is 3.16. The van der Waals surface area contributed by atoms with E-state index in [0.717, 1.165) is 56.2 Å².